The third kappa shape index (κ3) is 3.25. The van der Waals surface area contributed by atoms with Gasteiger partial charge in [0.25, 0.3) is 0 Å². The van der Waals surface area contributed by atoms with Gasteiger partial charge in [0.05, 0.1) is 16.1 Å². The van der Waals surface area contributed by atoms with Gasteiger partial charge in [-0.05, 0) is 29.9 Å². The number of hydrogen-bond donors (Lipinski definition) is 2. The summed E-state index contributed by atoms with van der Waals surface area (Å²) < 4.78 is 0. The van der Waals surface area contributed by atoms with Crippen molar-refractivity contribution >= 4 is 23.2 Å². The van der Waals surface area contributed by atoms with E-state index >= 15 is 0 Å². The molecule has 3 N–H and O–H groups in total. The summed E-state index contributed by atoms with van der Waals surface area (Å²) in [5, 5.41) is 1.23. The smallest absolute Gasteiger partial charge is 0.0640 e. The number of halogens is 2. The zero-order valence-electron chi connectivity index (χ0n) is 11.3. The molecule has 1 aliphatic rings. The minimum atomic E-state index is 0.0939. The van der Waals surface area contributed by atoms with Crippen LogP contribution in [-0.2, 0) is 0 Å². The third-order valence-electron chi connectivity index (χ3n) is 4.42. The first-order valence-corrected chi connectivity index (χ1v) is 7.84. The largest absolute Gasteiger partial charge is 0.271 e. The zero-order chi connectivity index (χ0) is 13.8. The summed E-state index contributed by atoms with van der Waals surface area (Å²) in [4.78, 5) is 0. The van der Waals surface area contributed by atoms with E-state index in [9.17, 15) is 0 Å². The van der Waals surface area contributed by atoms with E-state index in [1.54, 1.807) is 0 Å². The van der Waals surface area contributed by atoms with Crippen molar-refractivity contribution < 1.29 is 0 Å². The highest BCUT2D eigenvalue weighted by Crippen LogP contribution is 2.42. The topological polar surface area (TPSA) is 38.0 Å². The Labute approximate surface area is 125 Å². The van der Waals surface area contributed by atoms with Gasteiger partial charge in [0.2, 0.25) is 0 Å². The van der Waals surface area contributed by atoms with E-state index in [4.69, 9.17) is 29.0 Å². The highest BCUT2D eigenvalue weighted by atomic mass is 35.5. The number of benzene rings is 1. The van der Waals surface area contributed by atoms with Crippen molar-refractivity contribution in [2.24, 2.45) is 17.7 Å². The van der Waals surface area contributed by atoms with Crippen molar-refractivity contribution in [3.05, 3.63) is 33.8 Å². The maximum Gasteiger partial charge on any atom is 0.0640 e. The van der Waals surface area contributed by atoms with Crippen molar-refractivity contribution in [1.29, 1.82) is 0 Å². The van der Waals surface area contributed by atoms with Gasteiger partial charge < -0.3 is 0 Å². The molecule has 2 nitrogen and oxygen atoms in total. The average Bonchev–Trinajstić information content (AvgIpc) is 2.45. The Morgan fingerprint density at radius 1 is 1.32 bits per heavy atom. The first kappa shape index (κ1) is 15.1. The molecule has 1 saturated carbocycles. The number of hydrogen-bond acceptors (Lipinski definition) is 2. The van der Waals surface area contributed by atoms with Crippen LogP contribution >= 0.6 is 23.2 Å². The van der Waals surface area contributed by atoms with Crippen molar-refractivity contribution in [1.82, 2.24) is 5.43 Å². The number of hydrazine groups is 1. The van der Waals surface area contributed by atoms with E-state index in [1.807, 2.05) is 18.2 Å². The molecular weight excluding hydrogens is 279 g/mol. The Hall–Kier alpha value is -0.280. The van der Waals surface area contributed by atoms with E-state index in [2.05, 4.69) is 12.3 Å². The van der Waals surface area contributed by atoms with Crippen molar-refractivity contribution in [3.8, 4) is 0 Å². The summed E-state index contributed by atoms with van der Waals surface area (Å²) in [5.41, 5.74) is 4.01. The van der Waals surface area contributed by atoms with Gasteiger partial charge in [0.1, 0.15) is 0 Å². The fourth-order valence-electron chi connectivity index (χ4n) is 3.39. The number of rotatable bonds is 4. The Bertz CT molecular complexity index is 423. The molecule has 0 radical (unpaired) electrons. The monoisotopic (exact) mass is 300 g/mol. The minimum absolute atomic E-state index is 0.0939. The first-order chi connectivity index (χ1) is 9.19. The number of nitrogens with one attached hydrogen (secondary N) is 1. The van der Waals surface area contributed by atoms with Crippen molar-refractivity contribution in [2.75, 3.05) is 0 Å². The summed E-state index contributed by atoms with van der Waals surface area (Å²) in [6.45, 7) is 2.26. The minimum Gasteiger partial charge on any atom is -0.271 e. The molecule has 1 aromatic carbocycles. The molecule has 0 spiro atoms. The van der Waals surface area contributed by atoms with Gasteiger partial charge in [0.15, 0.2) is 0 Å². The molecule has 0 amide bonds. The standard InChI is InChI=1S/C15H22Cl2N2/c1-2-10-6-3-4-7-11(10)15(19-18)12-8-5-9-13(16)14(12)17/h5,8-11,15,19H,2-4,6-7,18H2,1H3. The van der Waals surface area contributed by atoms with Gasteiger partial charge in [-0.1, -0.05) is 67.9 Å². The number of nitrogens with two attached hydrogens (primary N) is 1. The Balaban J connectivity index is 2.30. The quantitative estimate of drug-likeness (QED) is 0.624. The second kappa shape index (κ2) is 6.94. The lowest BCUT2D eigenvalue weighted by Crippen LogP contribution is -2.38. The van der Waals surface area contributed by atoms with Crippen LogP contribution in [-0.4, -0.2) is 0 Å². The predicted octanol–water partition coefficient (Wildman–Crippen LogP) is 4.71. The molecule has 0 heterocycles. The molecule has 1 fully saturated rings. The summed E-state index contributed by atoms with van der Waals surface area (Å²) in [7, 11) is 0. The molecule has 1 aromatic rings. The van der Waals surface area contributed by atoms with E-state index in [0.717, 1.165) is 5.56 Å². The van der Waals surface area contributed by atoms with Crippen LogP contribution in [0, 0.1) is 11.8 Å². The van der Waals surface area contributed by atoms with E-state index in [-0.39, 0.29) is 6.04 Å². The molecule has 2 rings (SSSR count). The molecule has 19 heavy (non-hydrogen) atoms. The van der Waals surface area contributed by atoms with Gasteiger partial charge in [-0.25, -0.2) is 0 Å². The molecular formula is C15H22Cl2N2. The van der Waals surface area contributed by atoms with E-state index in [0.29, 0.717) is 21.9 Å². The van der Waals surface area contributed by atoms with Gasteiger partial charge in [-0.2, -0.15) is 0 Å². The highest BCUT2D eigenvalue weighted by Gasteiger charge is 2.32. The zero-order valence-corrected chi connectivity index (χ0v) is 12.8. The van der Waals surface area contributed by atoms with Gasteiger partial charge >= 0.3 is 0 Å². The van der Waals surface area contributed by atoms with Gasteiger partial charge in [0, 0.05) is 0 Å². The van der Waals surface area contributed by atoms with Crippen molar-refractivity contribution in [3.63, 3.8) is 0 Å². The van der Waals surface area contributed by atoms with Gasteiger partial charge in [-0.15, -0.1) is 0 Å². The van der Waals surface area contributed by atoms with Crippen LogP contribution < -0.4 is 11.3 Å². The van der Waals surface area contributed by atoms with Gasteiger partial charge in [-0.3, -0.25) is 11.3 Å². The third-order valence-corrected chi connectivity index (χ3v) is 5.25. The fraction of sp³-hybridized carbons (Fsp3) is 0.600. The molecule has 3 atom stereocenters. The molecule has 3 unspecified atom stereocenters. The van der Waals surface area contributed by atoms with Crippen LogP contribution in [0.5, 0.6) is 0 Å². The average molecular weight is 301 g/mol. The maximum absolute atomic E-state index is 6.35. The van der Waals surface area contributed by atoms with Crippen molar-refractivity contribution in [2.45, 2.75) is 45.1 Å². The predicted molar refractivity (Wildman–Crippen MR) is 82.3 cm³/mol. The second-order valence-electron chi connectivity index (χ2n) is 5.40. The molecule has 0 bridgehead atoms. The van der Waals surface area contributed by atoms with Crippen LogP contribution in [0.1, 0.15) is 50.6 Å². The molecule has 106 valence electrons. The molecule has 0 aliphatic heterocycles. The summed E-state index contributed by atoms with van der Waals surface area (Å²) >= 11 is 12.5. The van der Waals surface area contributed by atoms with Crippen LogP contribution in [0.2, 0.25) is 10.0 Å². The fourth-order valence-corrected chi connectivity index (χ4v) is 3.81. The molecule has 4 heteroatoms. The van der Waals surface area contributed by atoms with Crippen LogP contribution in [0.25, 0.3) is 0 Å². The Morgan fingerprint density at radius 2 is 2.05 bits per heavy atom. The molecule has 0 aromatic heterocycles. The Kier molecular flexibility index (Phi) is 5.52. The summed E-state index contributed by atoms with van der Waals surface area (Å²) in [5.74, 6) is 7.07. The van der Waals surface area contributed by atoms with Crippen LogP contribution in [0.15, 0.2) is 18.2 Å². The normalized spacial score (nSPS) is 25.3. The lowest BCUT2D eigenvalue weighted by molar-refractivity contribution is 0.176. The summed E-state index contributed by atoms with van der Waals surface area (Å²) in [6.07, 6.45) is 6.29. The second-order valence-corrected chi connectivity index (χ2v) is 6.19. The SMILES string of the molecule is CCC1CCCCC1C(NN)c1cccc(Cl)c1Cl. The molecule has 1 aliphatic carbocycles. The molecule has 0 saturated heterocycles. The van der Waals surface area contributed by atoms with Crippen LogP contribution in [0.3, 0.4) is 0 Å². The highest BCUT2D eigenvalue weighted by molar-refractivity contribution is 6.42. The maximum atomic E-state index is 6.35. The van der Waals surface area contributed by atoms with E-state index < -0.39 is 0 Å². The van der Waals surface area contributed by atoms with Crippen LogP contribution in [0.4, 0.5) is 0 Å². The summed E-state index contributed by atoms with van der Waals surface area (Å²) in [6, 6.07) is 5.88. The lowest BCUT2D eigenvalue weighted by Gasteiger charge is -2.37. The lowest BCUT2D eigenvalue weighted by atomic mass is 9.72. The first-order valence-electron chi connectivity index (χ1n) is 7.09. The Morgan fingerprint density at radius 3 is 2.74 bits per heavy atom. The van der Waals surface area contributed by atoms with E-state index in [1.165, 1.54) is 32.1 Å².